The molecule has 0 heterocycles. The molecule has 2 aromatic carbocycles. The van der Waals surface area contributed by atoms with E-state index < -0.39 is 0 Å². The van der Waals surface area contributed by atoms with Crippen LogP contribution in [0.2, 0.25) is 10.0 Å². The molecule has 0 radical (unpaired) electrons. The van der Waals surface area contributed by atoms with Gasteiger partial charge in [-0.3, -0.25) is 4.79 Å². The largest absolute Gasteiger partial charge is 0.462 e. The molecule has 0 atom stereocenters. The fourth-order valence-electron chi connectivity index (χ4n) is 1.98. The van der Waals surface area contributed by atoms with Crippen molar-refractivity contribution in [2.45, 2.75) is 13.3 Å². The number of benzene rings is 2. The lowest BCUT2D eigenvalue weighted by Crippen LogP contribution is -2.22. The number of rotatable bonds is 7. The zero-order valence-electron chi connectivity index (χ0n) is 13.6. The highest BCUT2D eigenvalue weighted by Crippen LogP contribution is 2.29. The third kappa shape index (κ3) is 5.66. The Kier molecular flexibility index (Phi) is 7.10. The highest BCUT2D eigenvalue weighted by molar-refractivity contribution is 6.44. The van der Waals surface area contributed by atoms with Gasteiger partial charge >= 0.3 is 5.97 Å². The first kappa shape index (κ1) is 19.1. The van der Waals surface area contributed by atoms with Crippen LogP contribution in [0, 0.1) is 0 Å². The number of carbonyl (C=O) groups is 2. The average molecular weight is 381 g/mol. The van der Waals surface area contributed by atoms with E-state index in [1.165, 1.54) is 0 Å². The Labute approximate surface area is 156 Å². The molecule has 2 N–H and O–H groups in total. The van der Waals surface area contributed by atoms with Crippen LogP contribution in [0.15, 0.2) is 42.5 Å². The van der Waals surface area contributed by atoms with Crippen molar-refractivity contribution in [3.8, 4) is 0 Å². The van der Waals surface area contributed by atoms with Crippen LogP contribution >= 0.6 is 23.2 Å². The first-order chi connectivity index (χ1) is 12.0. The Morgan fingerprint density at radius 3 is 2.48 bits per heavy atom. The van der Waals surface area contributed by atoms with Crippen molar-refractivity contribution in [3.05, 3.63) is 58.1 Å². The maximum atomic E-state index is 12.0. The second-order valence-electron chi connectivity index (χ2n) is 5.22. The lowest BCUT2D eigenvalue weighted by molar-refractivity contribution is -0.114. The van der Waals surface area contributed by atoms with Gasteiger partial charge in [-0.2, -0.15) is 0 Å². The Bertz CT molecular complexity index is 748. The number of ether oxygens (including phenoxy) is 1. The van der Waals surface area contributed by atoms with Crippen LogP contribution in [-0.4, -0.2) is 25.0 Å². The van der Waals surface area contributed by atoms with Gasteiger partial charge in [-0.25, -0.2) is 4.79 Å². The molecular formula is C18H18Cl2N2O3. The van der Waals surface area contributed by atoms with Crippen molar-refractivity contribution in [2.75, 3.05) is 23.8 Å². The standard InChI is InChI=1S/C18H18Cl2N2O3/c1-2-10-25-18(24)12-6-8-13(9-7-12)21-11-16(23)22-15-5-3-4-14(19)17(15)20/h3-9,21H,2,10-11H2,1H3,(H,22,23). The number of hydrogen-bond acceptors (Lipinski definition) is 4. The van der Waals surface area contributed by atoms with Crippen molar-refractivity contribution in [1.29, 1.82) is 0 Å². The number of esters is 1. The lowest BCUT2D eigenvalue weighted by atomic mass is 10.2. The number of amides is 1. The predicted molar refractivity (Wildman–Crippen MR) is 101 cm³/mol. The SMILES string of the molecule is CCCOC(=O)c1ccc(NCC(=O)Nc2cccc(Cl)c2Cl)cc1. The zero-order valence-corrected chi connectivity index (χ0v) is 15.2. The van der Waals surface area contributed by atoms with Crippen LogP contribution in [0.4, 0.5) is 11.4 Å². The topological polar surface area (TPSA) is 67.4 Å². The molecule has 5 nitrogen and oxygen atoms in total. The summed E-state index contributed by atoms with van der Waals surface area (Å²) in [7, 11) is 0. The number of carbonyl (C=O) groups excluding carboxylic acids is 2. The Balaban J connectivity index is 1.87. The van der Waals surface area contributed by atoms with Crippen molar-refractivity contribution in [2.24, 2.45) is 0 Å². The third-order valence-corrected chi connectivity index (χ3v) is 4.06. The molecule has 0 aliphatic rings. The molecule has 2 aromatic rings. The number of halogens is 2. The van der Waals surface area contributed by atoms with E-state index in [0.717, 1.165) is 6.42 Å². The Hall–Kier alpha value is -2.24. The summed E-state index contributed by atoms with van der Waals surface area (Å²) in [6, 6.07) is 11.7. The molecule has 0 aliphatic heterocycles. The van der Waals surface area contributed by atoms with Crippen molar-refractivity contribution in [3.63, 3.8) is 0 Å². The quantitative estimate of drug-likeness (QED) is 0.688. The summed E-state index contributed by atoms with van der Waals surface area (Å²) in [5, 5.41) is 6.32. The molecule has 25 heavy (non-hydrogen) atoms. The van der Waals surface area contributed by atoms with Gasteiger partial charge in [-0.15, -0.1) is 0 Å². The van der Waals surface area contributed by atoms with Crippen LogP contribution in [0.25, 0.3) is 0 Å². The third-order valence-electron chi connectivity index (χ3n) is 3.24. The second kappa shape index (κ2) is 9.30. The number of anilines is 2. The minimum absolute atomic E-state index is 0.0441. The fraction of sp³-hybridized carbons (Fsp3) is 0.222. The molecule has 0 aliphatic carbocycles. The summed E-state index contributed by atoms with van der Waals surface area (Å²) in [6.45, 7) is 2.37. The predicted octanol–water partition coefficient (Wildman–Crippen LogP) is 4.61. The molecule has 0 aromatic heterocycles. The van der Waals surface area contributed by atoms with E-state index in [2.05, 4.69) is 10.6 Å². The summed E-state index contributed by atoms with van der Waals surface area (Å²) in [4.78, 5) is 23.7. The summed E-state index contributed by atoms with van der Waals surface area (Å²) in [6.07, 6.45) is 0.775. The monoisotopic (exact) mass is 380 g/mol. The van der Waals surface area contributed by atoms with E-state index in [1.54, 1.807) is 42.5 Å². The highest BCUT2D eigenvalue weighted by Gasteiger charge is 2.09. The smallest absolute Gasteiger partial charge is 0.338 e. The van der Waals surface area contributed by atoms with Gasteiger partial charge < -0.3 is 15.4 Å². The molecule has 0 bridgehead atoms. The van der Waals surface area contributed by atoms with Crippen molar-refractivity contribution in [1.82, 2.24) is 0 Å². The summed E-state index contributed by atoms with van der Waals surface area (Å²) in [5.41, 5.74) is 1.63. The van der Waals surface area contributed by atoms with Gasteiger partial charge in [0.25, 0.3) is 0 Å². The van der Waals surface area contributed by atoms with Crippen LogP contribution in [0.5, 0.6) is 0 Å². The van der Waals surface area contributed by atoms with Gasteiger partial charge in [0.1, 0.15) is 0 Å². The maximum Gasteiger partial charge on any atom is 0.338 e. The fourth-order valence-corrected chi connectivity index (χ4v) is 2.33. The van der Waals surface area contributed by atoms with Gasteiger partial charge in [0.05, 0.1) is 34.4 Å². The Morgan fingerprint density at radius 1 is 1.08 bits per heavy atom. The zero-order chi connectivity index (χ0) is 18.2. The molecule has 0 unspecified atom stereocenters. The van der Waals surface area contributed by atoms with Gasteiger partial charge in [-0.1, -0.05) is 36.2 Å². The van der Waals surface area contributed by atoms with E-state index in [4.69, 9.17) is 27.9 Å². The molecule has 0 saturated carbocycles. The summed E-state index contributed by atoms with van der Waals surface area (Å²) < 4.78 is 5.06. The molecular weight excluding hydrogens is 363 g/mol. The van der Waals surface area contributed by atoms with Crippen LogP contribution in [-0.2, 0) is 9.53 Å². The average Bonchev–Trinajstić information content (AvgIpc) is 2.62. The van der Waals surface area contributed by atoms with E-state index >= 15 is 0 Å². The van der Waals surface area contributed by atoms with E-state index in [1.807, 2.05) is 6.92 Å². The molecule has 1 amide bonds. The Morgan fingerprint density at radius 2 is 1.80 bits per heavy atom. The molecule has 0 spiro atoms. The van der Waals surface area contributed by atoms with Gasteiger partial charge in [-0.05, 0) is 42.8 Å². The molecule has 0 saturated heterocycles. The van der Waals surface area contributed by atoms with Crippen molar-refractivity contribution >= 4 is 46.5 Å². The van der Waals surface area contributed by atoms with Crippen LogP contribution in [0.1, 0.15) is 23.7 Å². The van der Waals surface area contributed by atoms with Gasteiger partial charge in [0.2, 0.25) is 5.91 Å². The van der Waals surface area contributed by atoms with Gasteiger partial charge in [0.15, 0.2) is 0 Å². The second-order valence-corrected chi connectivity index (χ2v) is 6.00. The van der Waals surface area contributed by atoms with Crippen LogP contribution in [0.3, 0.4) is 0 Å². The molecule has 2 rings (SSSR count). The first-order valence-electron chi connectivity index (χ1n) is 7.76. The minimum Gasteiger partial charge on any atom is -0.462 e. The van der Waals surface area contributed by atoms with Crippen molar-refractivity contribution < 1.29 is 14.3 Å². The number of hydrogen-bond donors (Lipinski definition) is 2. The molecule has 132 valence electrons. The summed E-state index contributed by atoms with van der Waals surface area (Å²) in [5.74, 6) is -0.627. The van der Waals surface area contributed by atoms with Gasteiger partial charge in [0, 0.05) is 5.69 Å². The first-order valence-corrected chi connectivity index (χ1v) is 8.51. The van der Waals surface area contributed by atoms with Crippen LogP contribution < -0.4 is 10.6 Å². The molecule has 0 fully saturated rings. The van der Waals surface area contributed by atoms with E-state index in [0.29, 0.717) is 33.6 Å². The normalized spacial score (nSPS) is 10.2. The maximum absolute atomic E-state index is 12.0. The number of nitrogens with one attached hydrogen (secondary N) is 2. The molecule has 7 heteroatoms. The summed E-state index contributed by atoms with van der Waals surface area (Å²) >= 11 is 11.9. The highest BCUT2D eigenvalue weighted by atomic mass is 35.5. The minimum atomic E-state index is -0.359. The van der Waals surface area contributed by atoms with E-state index in [-0.39, 0.29) is 18.4 Å². The van der Waals surface area contributed by atoms with E-state index in [9.17, 15) is 9.59 Å². The lowest BCUT2D eigenvalue weighted by Gasteiger charge is -2.10.